The van der Waals surface area contributed by atoms with Gasteiger partial charge in [0.25, 0.3) is 0 Å². The molecule has 0 aliphatic heterocycles. The molecule has 1 aromatic heterocycles. The van der Waals surface area contributed by atoms with E-state index in [-0.39, 0.29) is 5.54 Å². The lowest BCUT2D eigenvalue weighted by atomic mass is 9.72. The molecule has 0 N–H and O–H groups in total. The lowest BCUT2D eigenvalue weighted by Gasteiger charge is -2.37. The van der Waals surface area contributed by atoms with Crippen molar-refractivity contribution in [3.8, 4) is 0 Å². The molecule has 0 saturated heterocycles. The second-order valence-corrected chi connectivity index (χ2v) is 5.76. The molecular weight excluding hydrogens is 292 g/mol. The number of fused-ring (bicyclic) bond motifs is 1. The first kappa shape index (κ1) is 11.7. The van der Waals surface area contributed by atoms with Gasteiger partial charge in [0.05, 0.1) is 5.54 Å². The van der Waals surface area contributed by atoms with Gasteiger partial charge in [-0.1, -0.05) is 6.07 Å². The maximum Gasteiger partial charge on any atom is 0.235 e. The second-order valence-electron chi connectivity index (χ2n) is 4.91. The average Bonchev–Trinajstić information content (AvgIpc) is 2.59. The minimum atomic E-state index is -0.314. The molecule has 1 saturated carbocycles. The topological polar surface area (TPSA) is 34.4 Å². The van der Waals surface area contributed by atoms with Crippen LogP contribution in [0, 0.1) is 0 Å². The van der Waals surface area contributed by atoms with E-state index in [9.17, 15) is 4.79 Å². The van der Waals surface area contributed by atoms with E-state index in [1.165, 1.54) is 10.9 Å². The maximum absolute atomic E-state index is 10.6. The van der Waals surface area contributed by atoms with Crippen molar-refractivity contribution in [3.63, 3.8) is 0 Å². The van der Waals surface area contributed by atoms with E-state index in [2.05, 4.69) is 43.7 Å². The molecule has 1 aliphatic carbocycles. The number of rotatable bonds is 2. The Morgan fingerprint density at radius 1 is 1.44 bits per heavy atom. The molecule has 2 aromatic rings. The highest BCUT2D eigenvalue weighted by molar-refractivity contribution is 9.10. The number of aromatic nitrogens is 1. The molecule has 0 spiro atoms. The van der Waals surface area contributed by atoms with Crippen LogP contribution in [0.15, 0.2) is 33.9 Å². The van der Waals surface area contributed by atoms with Crippen LogP contribution < -0.4 is 0 Å². The SMILES string of the molecule is Cn1cc(Br)c2cc(C3(N=C=O)CCC3)ccc21. The van der Waals surface area contributed by atoms with Crippen molar-refractivity contribution >= 4 is 32.9 Å². The Hall–Kier alpha value is -1.38. The zero-order chi connectivity index (χ0) is 12.8. The number of hydrogen-bond acceptors (Lipinski definition) is 2. The van der Waals surface area contributed by atoms with E-state index in [0.717, 1.165) is 29.3 Å². The average molecular weight is 305 g/mol. The second kappa shape index (κ2) is 4.08. The van der Waals surface area contributed by atoms with Crippen molar-refractivity contribution in [2.75, 3.05) is 0 Å². The van der Waals surface area contributed by atoms with Crippen LogP contribution in [0.3, 0.4) is 0 Å². The zero-order valence-corrected chi connectivity index (χ0v) is 11.7. The van der Waals surface area contributed by atoms with Crippen molar-refractivity contribution < 1.29 is 4.79 Å². The molecule has 0 radical (unpaired) electrons. The van der Waals surface area contributed by atoms with Crippen LogP contribution in [-0.4, -0.2) is 10.6 Å². The molecule has 1 heterocycles. The molecular formula is C14H13BrN2O. The standard InChI is InChI=1S/C14H13BrN2O/c1-17-8-12(15)11-7-10(3-4-13(11)17)14(16-9-18)5-2-6-14/h3-4,7-8H,2,5-6H2,1H3. The van der Waals surface area contributed by atoms with Crippen LogP contribution in [0.5, 0.6) is 0 Å². The van der Waals surface area contributed by atoms with Gasteiger partial charge in [-0.05, 0) is 52.9 Å². The van der Waals surface area contributed by atoms with Crippen molar-refractivity contribution in [2.45, 2.75) is 24.8 Å². The summed E-state index contributed by atoms with van der Waals surface area (Å²) in [6.45, 7) is 0. The van der Waals surface area contributed by atoms with Crippen LogP contribution in [0.4, 0.5) is 0 Å². The fourth-order valence-corrected chi connectivity index (χ4v) is 3.32. The van der Waals surface area contributed by atoms with Crippen LogP contribution >= 0.6 is 15.9 Å². The number of aryl methyl sites for hydroxylation is 1. The highest BCUT2D eigenvalue weighted by Crippen LogP contribution is 2.45. The minimum absolute atomic E-state index is 0.314. The summed E-state index contributed by atoms with van der Waals surface area (Å²) in [5, 5.41) is 1.17. The van der Waals surface area contributed by atoms with Crippen molar-refractivity contribution in [1.82, 2.24) is 4.57 Å². The van der Waals surface area contributed by atoms with Gasteiger partial charge in [-0.15, -0.1) is 0 Å². The van der Waals surface area contributed by atoms with Gasteiger partial charge in [0, 0.05) is 28.6 Å². The number of halogens is 1. The Kier molecular flexibility index (Phi) is 2.65. The minimum Gasteiger partial charge on any atom is -0.349 e. The van der Waals surface area contributed by atoms with E-state index >= 15 is 0 Å². The van der Waals surface area contributed by atoms with Gasteiger partial charge >= 0.3 is 0 Å². The fraction of sp³-hybridized carbons (Fsp3) is 0.357. The van der Waals surface area contributed by atoms with Gasteiger partial charge < -0.3 is 4.57 Å². The molecule has 1 fully saturated rings. The molecule has 1 aromatic carbocycles. The van der Waals surface area contributed by atoms with Crippen LogP contribution in [0.25, 0.3) is 10.9 Å². The number of carbonyl (C=O) groups excluding carboxylic acids is 1. The summed E-state index contributed by atoms with van der Waals surface area (Å²) >= 11 is 3.57. The number of benzene rings is 1. The highest BCUT2D eigenvalue weighted by atomic mass is 79.9. The van der Waals surface area contributed by atoms with E-state index in [0.29, 0.717) is 0 Å². The first-order valence-corrected chi connectivity index (χ1v) is 6.80. The summed E-state index contributed by atoms with van der Waals surface area (Å²) < 4.78 is 3.16. The third-order valence-corrected chi connectivity index (χ3v) is 4.55. The van der Waals surface area contributed by atoms with Crippen LogP contribution in [0.2, 0.25) is 0 Å². The molecule has 0 bridgehead atoms. The Balaban J connectivity index is 2.19. The van der Waals surface area contributed by atoms with Crippen molar-refractivity contribution in [2.24, 2.45) is 12.0 Å². The molecule has 18 heavy (non-hydrogen) atoms. The van der Waals surface area contributed by atoms with Gasteiger partial charge in [0.15, 0.2) is 0 Å². The Labute approximate surface area is 114 Å². The molecule has 0 atom stereocenters. The summed E-state index contributed by atoms with van der Waals surface area (Å²) in [4.78, 5) is 14.7. The molecule has 1 aliphatic rings. The predicted octanol–water partition coefficient (Wildman–Crippen LogP) is 3.66. The van der Waals surface area contributed by atoms with E-state index in [1.807, 2.05) is 13.2 Å². The summed E-state index contributed by atoms with van der Waals surface area (Å²) in [6, 6.07) is 6.31. The molecule has 3 nitrogen and oxygen atoms in total. The van der Waals surface area contributed by atoms with Crippen molar-refractivity contribution in [3.05, 3.63) is 34.4 Å². The number of aliphatic imine (C=N–C) groups is 1. The van der Waals surface area contributed by atoms with Gasteiger partial charge in [-0.25, -0.2) is 4.79 Å². The first-order chi connectivity index (χ1) is 8.66. The van der Waals surface area contributed by atoms with E-state index in [4.69, 9.17) is 0 Å². The quantitative estimate of drug-likeness (QED) is 0.616. The van der Waals surface area contributed by atoms with Crippen LogP contribution in [-0.2, 0) is 17.4 Å². The normalized spacial score (nSPS) is 17.2. The van der Waals surface area contributed by atoms with Crippen molar-refractivity contribution in [1.29, 1.82) is 0 Å². The smallest absolute Gasteiger partial charge is 0.235 e. The Morgan fingerprint density at radius 2 is 2.22 bits per heavy atom. The van der Waals surface area contributed by atoms with E-state index < -0.39 is 0 Å². The summed E-state index contributed by atoms with van der Waals surface area (Å²) in [5.74, 6) is 0. The lowest BCUT2D eigenvalue weighted by Crippen LogP contribution is -2.31. The van der Waals surface area contributed by atoms with E-state index in [1.54, 1.807) is 6.08 Å². The molecule has 4 heteroatoms. The lowest BCUT2D eigenvalue weighted by molar-refractivity contribution is 0.256. The third-order valence-electron chi connectivity index (χ3n) is 3.92. The number of nitrogens with zero attached hydrogens (tertiary/aromatic N) is 2. The summed E-state index contributed by atoms with van der Waals surface area (Å²) in [5.41, 5.74) is 1.98. The Bertz CT molecular complexity index is 664. The van der Waals surface area contributed by atoms with Gasteiger partial charge in [-0.3, -0.25) is 0 Å². The summed E-state index contributed by atoms with van der Waals surface area (Å²) in [7, 11) is 2.02. The molecule has 0 unspecified atom stereocenters. The van der Waals surface area contributed by atoms with Crippen LogP contribution in [0.1, 0.15) is 24.8 Å². The maximum atomic E-state index is 10.6. The number of hydrogen-bond donors (Lipinski definition) is 0. The zero-order valence-electron chi connectivity index (χ0n) is 10.1. The first-order valence-electron chi connectivity index (χ1n) is 6.00. The summed E-state index contributed by atoms with van der Waals surface area (Å²) in [6.07, 6.45) is 6.79. The largest absolute Gasteiger partial charge is 0.349 e. The number of isocyanates is 1. The van der Waals surface area contributed by atoms with Gasteiger partial charge in [0.1, 0.15) is 0 Å². The monoisotopic (exact) mass is 304 g/mol. The van der Waals surface area contributed by atoms with Gasteiger partial charge in [0.2, 0.25) is 6.08 Å². The molecule has 3 rings (SSSR count). The van der Waals surface area contributed by atoms with Gasteiger partial charge in [-0.2, -0.15) is 4.99 Å². The Morgan fingerprint density at radius 3 is 2.83 bits per heavy atom. The molecule has 0 amide bonds. The predicted molar refractivity (Wildman–Crippen MR) is 74.3 cm³/mol. The fourth-order valence-electron chi connectivity index (χ4n) is 2.70. The highest BCUT2D eigenvalue weighted by Gasteiger charge is 2.39. The molecule has 92 valence electrons. The third kappa shape index (κ3) is 1.57.